The van der Waals surface area contributed by atoms with Crippen LogP contribution < -0.4 is 5.32 Å². The number of nitrogens with zero attached hydrogens (tertiary/aromatic N) is 1. The summed E-state index contributed by atoms with van der Waals surface area (Å²) >= 11 is 1.99. The van der Waals surface area contributed by atoms with E-state index in [1.165, 1.54) is 6.42 Å². The van der Waals surface area contributed by atoms with Crippen molar-refractivity contribution in [3.05, 3.63) is 0 Å². The number of carbonyl (C=O) groups excluding carboxylic acids is 1. The van der Waals surface area contributed by atoms with Gasteiger partial charge in [-0.3, -0.25) is 0 Å². The van der Waals surface area contributed by atoms with Gasteiger partial charge in [-0.15, -0.1) is 0 Å². The fourth-order valence-corrected chi connectivity index (χ4v) is 3.37. The standard InChI is InChI=1S/C13H26N2O2S/c1-4-18-12-6-5-11(9-12)14-13(17)15(3)8-7-10(2)16/h10-12,16H,4-9H2,1-3H3,(H,14,17). The lowest BCUT2D eigenvalue weighted by atomic mass is 10.2. The molecule has 0 bridgehead atoms. The number of aliphatic hydroxyl groups excluding tert-OH is 1. The topological polar surface area (TPSA) is 52.6 Å². The molecule has 1 saturated carbocycles. The van der Waals surface area contributed by atoms with Gasteiger partial charge in [0.15, 0.2) is 0 Å². The van der Waals surface area contributed by atoms with Crippen molar-refractivity contribution in [1.82, 2.24) is 10.2 Å². The summed E-state index contributed by atoms with van der Waals surface area (Å²) in [6, 6.07) is 0.318. The quantitative estimate of drug-likeness (QED) is 0.779. The molecule has 0 heterocycles. The number of nitrogens with one attached hydrogen (secondary N) is 1. The van der Waals surface area contributed by atoms with Gasteiger partial charge in [0.2, 0.25) is 0 Å². The SMILES string of the molecule is CCSC1CCC(NC(=O)N(C)CCC(C)O)C1. The highest BCUT2D eigenvalue weighted by Gasteiger charge is 2.26. The summed E-state index contributed by atoms with van der Waals surface area (Å²) < 4.78 is 0. The lowest BCUT2D eigenvalue weighted by Gasteiger charge is -2.21. The molecule has 0 aromatic rings. The number of amides is 2. The molecule has 3 atom stereocenters. The van der Waals surface area contributed by atoms with Gasteiger partial charge in [-0.25, -0.2) is 4.79 Å². The molecule has 2 N–H and O–H groups in total. The van der Waals surface area contributed by atoms with Crippen LogP contribution in [0.3, 0.4) is 0 Å². The second-order valence-electron chi connectivity index (χ2n) is 5.10. The Hall–Kier alpha value is -0.420. The number of rotatable bonds is 6. The maximum Gasteiger partial charge on any atom is 0.317 e. The third kappa shape index (κ3) is 5.48. The van der Waals surface area contributed by atoms with Crippen molar-refractivity contribution in [2.24, 2.45) is 0 Å². The van der Waals surface area contributed by atoms with Crippen LogP contribution in [0.15, 0.2) is 0 Å². The smallest absolute Gasteiger partial charge is 0.317 e. The van der Waals surface area contributed by atoms with Crippen LogP contribution in [0.4, 0.5) is 4.79 Å². The Morgan fingerprint density at radius 2 is 2.28 bits per heavy atom. The molecule has 2 amide bonds. The third-order valence-electron chi connectivity index (χ3n) is 3.34. The molecular formula is C13H26N2O2S. The Morgan fingerprint density at radius 3 is 2.89 bits per heavy atom. The Bertz CT molecular complexity index is 261. The van der Waals surface area contributed by atoms with Crippen molar-refractivity contribution in [1.29, 1.82) is 0 Å². The van der Waals surface area contributed by atoms with Crippen molar-refractivity contribution in [3.63, 3.8) is 0 Å². The van der Waals surface area contributed by atoms with Crippen LogP contribution in [0.2, 0.25) is 0 Å². The minimum atomic E-state index is -0.350. The predicted molar refractivity (Wildman–Crippen MR) is 77.0 cm³/mol. The molecule has 1 rings (SSSR count). The Morgan fingerprint density at radius 1 is 1.56 bits per heavy atom. The van der Waals surface area contributed by atoms with Crippen LogP contribution in [0.1, 0.15) is 39.5 Å². The van der Waals surface area contributed by atoms with Crippen molar-refractivity contribution in [2.75, 3.05) is 19.3 Å². The molecule has 1 fully saturated rings. The fourth-order valence-electron chi connectivity index (χ4n) is 2.23. The van der Waals surface area contributed by atoms with Crippen LogP contribution in [0, 0.1) is 0 Å². The predicted octanol–water partition coefficient (Wildman–Crippen LogP) is 2.07. The van der Waals surface area contributed by atoms with E-state index in [4.69, 9.17) is 0 Å². The first-order valence-corrected chi connectivity index (χ1v) is 7.89. The van der Waals surface area contributed by atoms with Crippen LogP contribution in [0.25, 0.3) is 0 Å². The summed E-state index contributed by atoms with van der Waals surface area (Å²) in [5.41, 5.74) is 0. The summed E-state index contributed by atoms with van der Waals surface area (Å²) in [4.78, 5) is 13.6. The molecular weight excluding hydrogens is 248 g/mol. The number of thioether (sulfide) groups is 1. The van der Waals surface area contributed by atoms with Crippen LogP contribution >= 0.6 is 11.8 Å². The zero-order chi connectivity index (χ0) is 13.5. The maximum atomic E-state index is 11.9. The first-order chi connectivity index (χ1) is 8.52. The van der Waals surface area contributed by atoms with Gasteiger partial charge in [0, 0.05) is 24.9 Å². The largest absolute Gasteiger partial charge is 0.393 e. The Balaban J connectivity index is 2.23. The highest BCUT2D eigenvalue weighted by molar-refractivity contribution is 7.99. The minimum Gasteiger partial charge on any atom is -0.393 e. The highest BCUT2D eigenvalue weighted by Crippen LogP contribution is 2.29. The van der Waals surface area contributed by atoms with Gasteiger partial charge in [0.25, 0.3) is 0 Å². The van der Waals surface area contributed by atoms with Gasteiger partial charge in [-0.2, -0.15) is 11.8 Å². The minimum absolute atomic E-state index is 0.0113. The number of carbonyl (C=O) groups is 1. The van der Waals surface area contributed by atoms with E-state index < -0.39 is 0 Å². The monoisotopic (exact) mass is 274 g/mol. The van der Waals surface area contributed by atoms with E-state index in [1.807, 2.05) is 11.8 Å². The summed E-state index contributed by atoms with van der Waals surface area (Å²) in [6.07, 6.45) is 3.67. The van der Waals surface area contributed by atoms with E-state index >= 15 is 0 Å². The zero-order valence-electron chi connectivity index (χ0n) is 11.7. The van der Waals surface area contributed by atoms with Crippen molar-refractivity contribution in [2.45, 2.75) is 56.9 Å². The second-order valence-corrected chi connectivity index (χ2v) is 6.67. The second kappa shape index (κ2) is 7.89. The fraction of sp³-hybridized carbons (Fsp3) is 0.923. The maximum absolute atomic E-state index is 11.9. The molecule has 18 heavy (non-hydrogen) atoms. The Labute approximate surface area is 115 Å². The lowest BCUT2D eigenvalue weighted by molar-refractivity contribution is 0.162. The molecule has 106 valence electrons. The molecule has 5 heteroatoms. The molecule has 0 aromatic carbocycles. The van der Waals surface area contributed by atoms with Crippen LogP contribution in [0.5, 0.6) is 0 Å². The van der Waals surface area contributed by atoms with Gasteiger partial charge in [-0.05, 0) is 38.4 Å². The third-order valence-corrected chi connectivity index (χ3v) is 4.58. The Kier molecular flexibility index (Phi) is 6.86. The number of aliphatic hydroxyl groups is 1. The van der Waals surface area contributed by atoms with Gasteiger partial charge < -0.3 is 15.3 Å². The summed E-state index contributed by atoms with van der Waals surface area (Å²) in [5, 5.41) is 13.0. The van der Waals surface area contributed by atoms with Gasteiger partial charge in [-0.1, -0.05) is 6.92 Å². The summed E-state index contributed by atoms with van der Waals surface area (Å²) in [7, 11) is 1.78. The van der Waals surface area contributed by atoms with E-state index in [0.29, 0.717) is 24.3 Å². The van der Waals surface area contributed by atoms with Crippen LogP contribution in [-0.2, 0) is 0 Å². The summed E-state index contributed by atoms with van der Waals surface area (Å²) in [5.74, 6) is 1.15. The normalized spacial score (nSPS) is 24.9. The first-order valence-electron chi connectivity index (χ1n) is 6.84. The van der Waals surface area contributed by atoms with Crippen LogP contribution in [-0.4, -0.2) is 52.8 Å². The summed E-state index contributed by atoms with van der Waals surface area (Å²) in [6.45, 7) is 4.53. The average molecular weight is 274 g/mol. The van der Waals surface area contributed by atoms with Crippen molar-refractivity contribution >= 4 is 17.8 Å². The number of hydrogen-bond donors (Lipinski definition) is 2. The van der Waals surface area contributed by atoms with Crippen molar-refractivity contribution in [3.8, 4) is 0 Å². The molecule has 0 saturated heterocycles. The average Bonchev–Trinajstić information content (AvgIpc) is 2.73. The van der Waals surface area contributed by atoms with E-state index in [2.05, 4.69) is 12.2 Å². The molecule has 3 unspecified atom stereocenters. The van der Waals surface area contributed by atoms with E-state index in [1.54, 1.807) is 18.9 Å². The van der Waals surface area contributed by atoms with Gasteiger partial charge >= 0.3 is 6.03 Å². The highest BCUT2D eigenvalue weighted by atomic mass is 32.2. The zero-order valence-corrected chi connectivity index (χ0v) is 12.5. The van der Waals surface area contributed by atoms with Crippen molar-refractivity contribution < 1.29 is 9.90 Å². The molecule has 0 aromatic heterocycles. The first kappa shape index (κ1) is 15.6. The molecule has 4 nitrogen and oxygen atoms in total. The molecule has 0 aliphatic heterocycles. The molecule has 0 spiro atoms. The van der Waals surface area contributed by atoms with E-state index in [-0.39, 0.29) is 12.1 Å². The number of hydrogen-bond acceptors (Lipinski definition) is 3. The van der Waals surface area contributed by atoms with E-state index in [9.17, 15) is 9.90 Å². The number of urea groups is 1. The molecule has 1 aliphatic rings. The van der Waals surface area contributed by atoms with Gasteiger partial charge in [0.1, 0.15) is 0 Å². The van der Waals surface area contributed by atoms with E-state index in [0.717, 1.165) is 18.6 Å². The molecule has 0 radical (unpaired) electrons. The lowest BCUT2D eigenvalue weighted by Crippen LogP contribution is -2.43. The molecule has 1 aliphatic carbocycles. The van der Waals surface area contributed by atoms with Gasteiger partial charge in [0.05, 0.1) is 6.10 Å².